The number of ether oxygens (including phenoxy) is 1. The molecule has 1 amide bonds. The highest BCUT2D eigenvalue weighted by Crippen LogP contribution is 2.29. The van der Waals surface area contributed by atoms with Crippen LogP contribution in [0.15, 0.2) is 48.7 Å². The minimum Gasteiger partial charge on any atom is -0.493 e. The van der Waals surface area contributed by atoms with Gasteiger partial charge in [0.1, 0.15) is 5.75 Å². The van der Waals surface area contributed by atoms with E-state index in [1.165, 1.54) is 5.56 Å². The molecule has 1 aliphatic carbocycles. The number of aromatic nitrogens is 1. The van der Waals surface area contributed by atoms with Crippen LogP contribution in [0, 0.1) is 0 Å². The summed E-state index contributed by atoms with van der Waals surface area (Å²) in [4.78, 5) is 18.9. The lowest BCUT2D eigenvalue weighted by molar-refractivity contribution is -0.127. The van der Waals surface area contributed by atoms with E-state index >= 15 is 0 Å². The molecule has 1 saturated carbocycles. The van der Waals surface area contributed by atoms with Crippen LogP contribution in [0.3, 0.4) is 0 Å². The third-order valence-corrected chi connectivity index (χ3v) is 4.46. The smallest absolute Gasteiger partial charge is 0.247 e. The van der Waals surface area contributed by atoms with Crippen molar-refractivity contribution >= 4 is 12.0 Å². The number of benzene rings is 1. The second kappa shape index (κ2) is 6.48. The number of nitrogens with zero attached hydrogens (tertiary/aromatic N) is 2. The molecule has 1 aromatic heterocycles. The molecule has 0 spiro atoms. The summed E-state index contributed by atoms with van der Waals surface area (Å²) in [7, 11) is 0. The first-order valence-electron chi connectivity index (χ1n) is 8.44. The minimum atomic E-state index is 0.0555. The van der Waals surface area contributed by atoms with E-state index in [0.29, 0.717) is 12.6 Å². The summed E-state index contributed by atoms with van der Waals surface area (Å²) in [6, 6.07) is 12.3. The van der Waals surface area contributed by atoms with E-state index in [1.807, 2.05) is 41.3 Å². The first-order chi connectivity index (χ1) is 11.8. The molecule has 1 aromatic carbocycles. The quantitative estimate of drug-likeness (QED) is 0.794. The number of amides is 1. The number of hydrogen-bond donors (Lipinski definition) is 0. The fraction of sp³-hybridized carbons (Fsp3) is 0.300. The summed E-state index contributed by atoms with van der Waals surface area (Å²) >= 11 is 0. The number of carbonyl (C=O) groups is 1. The Morgan fingerprint density at radius 2 is 2.21 bits per heavy atom. The predicted octanol–water partition coefficient (Wildman–Crippen LogP) is 3.22. The Kier molecular flexibility index (Phi) is 4.03. The van der Waals surface area contributed by atoms with Gasteiger partial charge in [0, 0.05) is 24.7 Å². The van der Waals surface area contributed by atoms with E-state index in [2.05, 4.69) is 11.1 Å². The predicted molar refractivity (Wildman–Crippen MR) is 92.5 cm³/mol. The molecule has 2 aromatic rings. The van der Waals surface area contributed by atoms with Crippen molar-refractivity contribution in [2.45, 2.75) is 31.8 Å². The lowest BCUT2D eigenvalue weighted by Crippen LogP contribution is -2.31. The monoisotopic (exact) mass is 320 g/mol. The second-order valence-electron chi connectivity index (χ2n) is 6.32. The summed E-state index contributed by atoms with van der Waals surface area (Å²) in [5.41, 5.74) is 3.19. The van der Waals surface area contributed by atoms with Gasteiger partial charge in [-0.2, -0.15) is 0 Å². The van der Waals surface area contributed by atoms with E-state index < -0.39 is 0 Å². The second-order valence-corrected chi connectivity index (χ2v) is 6.32. The van der Waals surface area contributed by atoms with Crippen LogP contribution in [-0.4, -0.2) is 28.4 Å². The molecule has 122 valence electrons. The summed E-state index contributed by atoms with van der Waals surface area (Å²) < 4.78 is 5.52. The largest absolute Gasteiger partial charge is 0.493 e. The minimum absolute atomic E-state index is 0.0555. The van der Waals surface area contributed by atoms with Gasteiger partial charge in [-0.1, -0.05) is 12.1 Å². The Balaban J connectivity index is 1.47. The maximum atomic E-state index is 12.6. The molecule has 4 rings (SSSR count). The molecule has 1 aliphatic heterocycles. The number of hydrogen-bond acceptors (Lipinski definition) is 3. The molecule has 2 heterocycles. The van der Waals surface area contributed by atoms with Crippen molar-refractivity contribution in [3.8, 4) is 5.75 Å². The van der Waals surface area contributed by atoms with Gasteiger partial charge in [-0.15, -0.1) is 0 Å². The Morgan fingerprint density at radius 3 is 3.00 bits per heavy atom. The van der Waals surface area contributed by atoms with Gasteiger partial charge in [0.25, 0.3) is 0 Å². The van der Waals surface area contributed by atoms with Crippen molar-refractivity contribution in [2.75, 3.05) is 6.61 Å². The van der Waals surface area contributed by atoms with Gasteiger partial charge in [-0.05, 0) is 54.3 Å². The van der Waals surface area contributed by atoms with E-state index in [9.17, 15) is 4.79 Å². The number of carbonyl (C=O) groups excluding carboxylic acids is 1. The molecule has 0 bridgehead atoms. The van der Waals surface area contributed by atoms with Crippen LogP contribution in [0.1, 0.15) is 29.7 Å². The van der Waals surface area contributed by atoms with Crippen molar-refractivity contribution in [3.05, 3.63) is 65.5 Å². The van der Waals surface area contributed by atoms with Crippen LogP contribution < -0.4 is 4.74 Å². The number of pyridine rings is 1. The highest BCUT2D eigenvalue weighted by Gasteiger charge is 2.31. The molecule has 0 atom stereocenters. The van der Waals surface area contributed by atoms with E-state index in [-0.39, 0.29) is 5.91 Å². The molecular formula is C20H20N2O2. The van der Waals surface area contributed by atoms with E-state index in [0.717, 1.165) is 42.9 Å². The fourth-order valence-corrected chi connectivity index (χ4v) is 3.01. The zero-order chi connectivity index (χ0) is 16.4. The molecule has 2 aliphatic rings. The molecule has 4 nitrogen and oxygen atoms in total. The van der Waals surface area contributed by atoms with Crippen LogP contribution in [0.4, 0.5) is 0 Å². The summed E-state index contributed by atoms with van der Waals surface area (Å²) in [5.74, 6) is 1.02. The van der Waals surface area contributed by atoms with Gasteiger partial charge in [-0.3, -0.25) is 9.78 Å². The zero-order valence-electron chi connectivity index (χ0n) is 13.5. The van der Waals surface area contributed by atoms with Crippen LogP contribution >= 0.6 is 0 Å². The standard InChI is InChI=1S/C20H20N2O2/c23-20(9-5-15-4-8-19-16(13-15)10-12-24-19)22(18-6-7-18)14-17-3-1-2-11-21-17/h1-5,8-9,11,13,18H,6-7,10,12,14H2/b9-5+. The summed E-state index contributed by atoms with van der Waals surface area (Å²) in [5, 5.41) is 0. The number of fused-ring (bicyclic) bond motifs is 1. The van der Waals surface area contributed by atoms with Crippen molar-refractivity contribution < 1.29 is 9.53 Å². The van der Waals surface area contributed by atoms with Gasteiger partial charge >= 0.3 is 0 Å². The van der Waals surface area contributed by atoms with Crippen molar-refractivity contribution in [1.29, 1.82) is 0 Å². The SMILES string of the molecule is O=C(/C=C/c1ccc2c(c1)CCO2)N(Cc1ccccn1)C1CC1. The molecule has 4 heteroatoms. The van der Waals surface area contributed by atoms with Crippen LogP contribution in [0.25, 0.3) is 6.08 Å². The average Bonchev–Trinajstić information content (AvgIpc) is 3.35. The maximum absolute atomic E-state index is 12.6. The maximum Gasteiger partial charge on any atom is 0.247 e. The van der Waals surface area contributed by atoms with Crippen LogP contribution in [0.2, 0.25) is 0 Å². The fourth-order valence-electron chi connectivity index (χ4n) is 3.01. The Morgan fingerprint density at radius 1 is 1.29 bits per heavy atom. The third-order valence-electron chi connectivity index (χ3n) is 4.46. The van der Waals surface area contributed by atoms with Gasteiger partial charge in [-0.25, -0.2) is 0 Å². The molecule has 1 fully saturated rings. The number of rotatable bonds is 5. The highest BCUT2D eigenvalue weighted by atomic mass is 16.5. The lowest BCUT2D eigenvalue weighted by Gasteiger charge is -2.20. The van der Waals surface area contributed by atoms with Crippen molar-refractivity contribution in [2.24, 2.45) is 0 Å². The van der Waals surface area contributed by atoms with Crippen molar-refractivity contribution in [1.82, 2.24) is 9.88 Å². The summed E-state index contributed by atoms with van der Waals surface area (Å²) in [6.45, 7) is 1.33. The van der Waals surface area contributed by atoms with Gasteiger partial charge in [0.05, 0.1) is 18.8 Å². The lowest BCUT2D eigenvalue weighted by atomic mass is 10.1. The Bertz CT molecular complexity index is 766. The van der Waals surface area contributed by atoms with Crippen molar-refractivity contribution in [3.63, 3.8) is 0 Å². The molecule has 0 N–H and O–H groups in total. The highest BCUT2D eigenvalue weighted by molar-refractivity contribution is 5.92. The summed E-state index contributed by atoms with van der Waals surface area (Å²) in [6.07, 6.45) is 8.46. The normalized spacial score (nSPS) is 16.0. The molecular weight excluding hydrogens is 300 g/mol. The van der Waals surface area contributed by atoms with E-state index in [1.54, 1.807) is 12.3 Å². The average molecular weight is 320 g/mol. The van der Waals surface area contributed by atoms with Crippen LogP contribution in [0.5, 0.6) is 5.75 Å². The zero-order valence-corrected chi connectivity index (χ0v) is 13.5. The first kappa shape index (κ1) is 14.9. The first-order valence-corrected chi connectivity index (χ1v) is 8.44. The Labute approximate surface area is 141 Å². The molecule has 24 heavy (non-hydrogen) atoms. The molecule has 0 saturated heterocycles. The topological polar surface area (TPSA) is 42.4 Å². The molecule has 0 radical (unpaired) electrons. The van der Waals surface area contributed by atoms with E-state index in [4.69, 9.17) is 4.74 Å². The Hall–Kier alpha value is -2.62. The third kappa shape index (κ3) is 3.32. The van der Waals surface area contributed by atoms with Crippen LogP contribution in [-0.2, 0) is 17.8 Å². The van der Waals surface area contributed by atoms with Gasteiger partial charge < -0.3 is 9.64 Å². The van der Waals surface area contributed by atoms with Gasteiger partial charge in [0.15, 0.2) is 0 Å². The molecule has 0 unspecified atom stereocenters. The van der Waals surface area contributed by atoms with Gasteiger partial charge in [0.2, 0.25) is 5.91 Å².